The number of hydrogen-bond donors (Lipinski definition) is 2. The van der Waals surface area contributed by atoms with Gasteiger partial charge in [-0.05, 0) is 43.4 Å². The Morgan fingerprint density at radius 1 is 1.16 bits per heavy atom. The molecule has 3 heterocycles. The van der Waals surface area contributed by atoms with E-state index < -0.39 is 5.92 Å². The number of morpholine rings is 1. The van der Waals surface area contributed by atoms with Gasteiger partial charge in [0.1, 0.15) is 5.82 Å². The number of amides is 2. The summed E-state index contributed by atoms with van der Waals surface area (Å²) in [5.41, 5.74) is 3.24. The zero-order valence-electron chi connectivity index (χ0n) is 21.6. The Hall–Kier alpha value is -3.01. The molecular weight excluding hydrogens is 478 g/mol. The van der Waals surface area contributed by atoms with Crippen LogP contribution >= 0.6 is 0 Å². The number of alkyl halides is 2. The van der Waals surface area contributed by atoms with Crippen molar-refractivity contribution in [1.82, 2.24) is 14.9 Å². The fourth-order valence-electron chi connectivity index (χ4n) is 5.38. The van der Waals surface area contributed by atoms with E-state index in [0.717, 1.165) is 42.9 Å². The summed E-state index contributed by atoms with van der Waals surface area (Å²) >= 11 is 0. The average molecular weight is 515 g/mol. The standard InChI is InChI=1S/C27H36F2N6O2/c1-3-19-7-9-35(17-19)26(36)31-20-5-4-18(2)22(14-20)23-15-24(34-10-12-37-13-11-34)33-25(32-23)30-21-6-8-27(28,29)16-21/h4-5,14-15,19,21H,3,6-13,16-17H2,1-2H3,(H,31,36)(H,30,32,33)/t19-,21+/m1/s1. The third kappa shape index (κ3) is 6.11. The van der Waals surface area contributed by atoms with Gasteiger partial charge in [0.15, 0.2) is 0 Å². The number of rotatable bonds is 6. The van der Waals surface area contributed by atoms with E-state index in [1.165, 1.54) is 0 Å². The molecule has 1 aromatic carbocycles. The van der Waals surface area contributed by atoms with E-state index in [-0.39, 0.29) is 24.9 Å². The van der Waals surface area contributed by atoms with E-state index in [0.29, 0.717) is 56.0 Å². The summed E-state index contributed by atoms with van der Waals surface area (Å²) in [5.74, 6) is -1.02. The van der Waals surface area contributed by atoms with Crippen LogP contribution in [0.5, 0.6) is 0 Å². The number of hydrogen-bond acceptors (Lipinski definition) is 6. The fraction of sp³-hybridized carbons (Fsp3) is 0.593. The number of anilines is 3. The van der Waals surface area contributed by atoms with Crippen LogP contribution in [0.2, 0.25) is 0 Å². The fourth-order valence-corrected chi connectivity index (χ4v) is 5.38. The predicted molar refractivity (Wildman–Crippen MR) is 140 cm³/mol. The van der Waals surface area contributed by atoms with Crippen molar-refractivity contribution in [3.05, 3.63) is 29.8 Å². The Balaban J connectivity index is 1.41. The number of carbonyl (C=O) groups excluding carboxylic acids is 1. The molecule has 3 aliphatic rings. The van der Waals surface area contributed by atoms with Crippen molar-refractivity contribution >= 4 is 23.5 Å². The third-order valence-electron chi connectivity index (χ3n) is 7.70. The minimum atomic E-state index is -2.65. The number of halogens is 2. The first kappa shape index (κ1) is 25.6. The SMILES string of the molecule is CC[C@@H]1CCN(C(=O)Nc2ccc(C)c(-c3cc(N4CCOCC4)nc(N[C@H]4CCC(F)(F)C4)n3)c2)C1. The Morgan fingerprint density at radius 3 is 2.68 bits per heavy atom. The smallest absolute Gasteiger partial charge is 0.321 e. The highest BCUT2D eigenvalue weighted by atomic mass is 19.3. The molecule has 8 nitrogen and oxygen atoms in total. The molecule has 200 valence electrons. The second-order valence-corrected chi connectivity index (χ2v) is 10.4. The quantitative estimate of drug-likeness (QED) is 0.555. The number of ether oxygens (including phenoxy) is 1. The van der Waals surface area contributed by atoms with Crippen LogP contribution in [0.4, 0.5) is 31.0 Å². The molecule has 2 aromatic rings. The highest BCUT2D eigenvalue weighted by Crippen LogP contribution is 2.36. The zero-order valence-corrected chi connectivity index (χ0v) is 21.6. The summed E-state index contributed by atoms with van der Waals surface area (Å²) in [6.07, 6.45) is 2.15. The molecular formula is C27H36F2N6O2. The van der Waals surface area contributed by atoms with Crippen molar-refractivity contribution in [3.8, 4) is 11.3 Å². The molecule has 0 unspecified atom stereocenters. The Labute approximate surface area is 216 Å². The van der Waals surface area contributed by atoms with Gasteiger partial charge in [0, 0.05) is 62.4 Å². The van der Waals surface area contributed by atoms with Crippen molar-refractivity contribution in [1.29, 1.82) is 0 Å². The van der Waals surface area contributed by atoms with Crippen LogP contribution < -0.4 is 15.5 Å². The first-order valence-electron chi connectivity index (χ1n) is 13.3. The number of carbonyl (C=O) groups is 1. The first-order valence-corrected chi connectivity index (χ1v) is 13.3. The maximum Gasteiger partial charge on any atom is 0.321 e. The van der Waals surface area contributed by atoms with Crippen LogP contribution in [0.1, 0.15) is 44.6 Å². The molecule has 2 aliphatic heterocycles. The van der Waals surface area contributed by atoms with Gasteiger partial charge in [-0.15, -0.1) is 0 Å². The van der Waals surface area contributed by atoms with E-state index in [9.17, 15) is 13.6 Å². The van der Waals surface area contributed by atoms with Crippen LogP contribution in [0.3, 0.4) is 0 Å². The van der Waals surface area contributed by atoms with Crippen molar-refractivity contribution < 1.29 is 18.3 Å². The van der Waals surface area contributed by atoms with E-state index >= 15 is 0 Å². The summed E-state index contributed by atoms with van der Waals surface area (Å²) in [5, 5.41) is 6.21. The molecule has 0 radical (unpaired) electrons. The van der Waals surface area contributed by atoms with E-state index in [2.05, 4.69) is 27.4 Å². The second-order valence-electron chi connectivity index (χ2n) is 10.4. The lowest BCUT2D eigenvalue weighted by atomic mass is 10.0. The van der Waals surface area contributed by atoms with Gasteiger partial charge in [-0.2, -0.15) is 4.98 Å². The van der Waals surface area contributed by atoms with Gasteiger partial charge in [0.25, 0.3) is 0 Å². The Bertz CT molecular complexity index is 1120. The molecule has 10 heteroatoms. The maximum absolute atomic E-state index is 13.8. The van der Waals surface area contributed by atoms with Crippen LogP contribution in [-0.2, 0) is 4.74 Å². The van der Waals surface area contributed by atoms with Crippen LogP contribution in [0.25, 0.3) is 11.3 Å². The number of likely N-dealkylation sites (tertiary alicyclic amines) is 1. The van der Waals surface area contributed by atoms with Crippen molar-refractivity contribution in [3.63, 3.8) is 0 Å². The van der Waals surface area contributed by atoms with Gasteiger partial charge in [-0.1, -0.05) is 19.4 Å². The monoisotopic (exact) mass is 514 g/mol. The minimum absolute atomic E-state index is 0.0908. The van der Waals surface area contributed by atoms with Crippen molar-refractivity contribution in [2.75, 3.05) is 54.9 Å². The largest absolute Gasteiger partial charge is 0.378 e. The minimum Gasteiger partial charge on any atom is -0.378 e. The van der Waals surface area contributed by atoms with Gasteiger partial charge >= 0.3 is 6.03 Å². The Kier molecular flexibility index (Phi) is 7.46. The lowest BCUT2D eigenvalue weighted by Crippen LogP contribution is -2.37. The summed E-state index contributed by atoms with van der Waals surface area (Å²) < 4.78 is 33.1. The molecule has 1 aliphatic carbocycles. The van der Waals surface area contributed by atoms with Crippen LogP contribution in [0.15, 0.2) is 24.3 Å². The van der Waals surface area contributed by atoms with E-state index in [1.807, 2.05) is 36.1 Å². The number of urea groups is 1. The number of aryl methyl sites for hydroxylation is 1. The summed E-state index contributed by atoms with van der Waals surface area (Å²) in [7, 11) is 0. The molecule has 3 fully saturated rings. The molecule has 0 spiro atoms. The van der Waals surface area contributed by atoms with Crippen LogP contribution in [0, 0.1) is 12.8 Å². The normalized spacial score (nSPS) is 23.4. The molecule has 2 saturated heterocycles. The first-order chi connectivity index (χ1) is 17.8. The highest BCUT2D eigenvalue weighted by Gasteiger charge is 2.39. The van der Waals surface area contributed by atoms with Crippen LogP contribution in [-0.4, -0.2) is 72.3 Å². The van der Waals surface area contributed by atoms with Gasteiger partial charge < -0.3 is 25.2 Å². The van der Waals surface area contributed by atoms with Gasteiger partial charge in [0.2, 0.25) is 11.9 Å². The molecule has 0 bridgehead atoms. The van der Waals surface area contributed by atoms with Gasteiger partial charge in [0.05, 0.1) is 18.9 Å². The molecule has 5 rings (SSSR count). The average Bonchev–Trinajstić information content (AvgIpc) is 3.51. The summed E-state index contributed by atoms with van der Waals surface area (Å²) in [6, 6.07) is 7.26. The number of aromatic nitrogens is 2. The molecule has 2 N–H and O–H groups in total. The Morgan fingerprint density at radius 2 is 1.97 bits per heavy atom. The highest BCUT2D eigenvalue weighted by molar-refractivity contribution is 5.90. The summed E-state index contributed by atoms with van der Waals surface area (Å²) in [4.78, 5) is 26.3. The number of nitrogens with one attached hydrogen (secondary N) is 2. The van der Waals surface area contributed by atoms with E-state index in [1.54, 1.807) is 0 Å². The number of nitrogens with zero attached hydrogens (tertiary/aromatic N) is 4. The molecule has 2 atom stereocenters. The van der Waals surface area contributed by atoms with Gasteiger partial charge in [-0.3, -0.25) is 0 Å². The molecule has 1 saturated carbocycles. The topological polar surface area (TPSA) is 82.6 Å². The molecule has 2 amide bonds. The predicted octanol–water partition coefficient (Wildman–Crippen LogP) is 5.15. The molecule has 37 heavy (non-hydrogen) atoms. The van der Waals surface area contributed by atoms with Gasteiger partial charge in [-0.25, -0.2) is 18.6 Å². The third-order valence-corrected chi connectivity index (χ3v) is 7.70. The molecule has 1 aromatic heterocycles. The summed E-state index contributed by atoms with van der Waals surface area (Å²) in [6.45, 7) is 8.31. The second kappa shape index (κ2) is 10.8. The maximum atomic E-state index is 13.8. The number of benzene rings is 1. The van der Waals surface area contributed by atoms with Crippen molar-refractivity contribution in [2.24, 2.45) is 5.92 Å². The van der Waals surface area contributed by atoms with E-state index in [4.69, 9.17) is 9.72 Å². The van der Waals surface area contributed by atoms with Crippen molar-refractivity contribution in [2.45, 2.75) is 57.9 Å². The zero-order chi connectivity index (χ0) is 26.0. The lowest BCUT2D eigenvalue weighted by molar-refractivity contribution is 0.00851. The lowest BCUT2D eigenvalue weighted by Gasteiger charge is -2.28.